The molecule has 0 aliphatic carbocycles. The summed E-state index contributed by atoms with van der Waals surface area (Å²) < 4.78 is 0. The van der Waals surface area contributed by atoms with Gasteiger partial charge in [0.05, 0.1) is 0 Å². The third-order valence-corrected chi connectivity index (χ3v) is 1.75. The van der Waals surface area contributed by atoms with Crippen LogP contribution in [-0.4, -0.2) is 4.98 Å². The summed E-state index contributed by atoms with van der Waals surface area (Å²) in [6.45, 7) is 0. The maximum atomic E-state index is 5.02. The molecule has 2 aromatic rings. The summed E-state index contributed by atoms with van der Waals surface area (Å²) in [6.07, 6.45) is 3.53. The molecule has 12 heavy (non-hydrogen) atoms. The molecule has 0 atom stereocenters. The van der Waals surface area contributed by atoms with Crippen LogP contribution in [-0.2, 0) is 0 Å². The predicted molar refractivity (Wildman–Crippen MR) is 46.6 cm³/mol. The monoisotopic (exact) mass is 160 g/mol. The molecular weight excluding hydrogens is 152 g/mol. The largest absolute Gasteiger partial charge is 0.412 e. The Morgan fingerprint density at radius 2 is 2.08 bits per heavy atom. The van der Waals surface area contributed by atoms with Gasteiger partial charge in [-0.2, -0.15) is 5.90 Å². The average molecular weight is 160 g/mol. The number of hydrogen-bond acceptors (Lipinski definition) is 3. The van der Waals surface area contributed by atoms with Gasteiger partial charge in [-0.1, -0.05) is 6.07 Å². The van der Waals surface area contributed by atoms with E-state index in [1.54, 1.807) is 12.4 Å². The molecule has 3 heteroatoms. The first kappa shape index (κ1) is 7.06. The molecule has 0 spiro atoms. The van der Waals surface area contributed by atoms with Crippen LogP contribution in [0.1, 0.15) is 0 Å². The summed E-state index contributed by atoms with van der Waals surface area (Å²) in [4.78, 5) is 8.59. The summed E-state index contributed by atoms with van der Waals surface area (Å²) in [6, 6.07) is 7.56. The first-order chi connectivity index (χ1) is 5.90. The first-order valence-electron chi connectivity index (χ1n) is 3.60. The molecule has 0 saturated heterocycles. The molecule has 0 bridgehead atoms. The van der Waals surface area contributed by atoms with Gasteiger partial charge in [-0.25, -0.2) is 0 Å². The molecule has 2 rings (SSSR count). The highest BCUT2D eigenvalue weighted by Gasteiger charge is 1.94. The van der Waals surface area contributed by atoms with Gasteiger partial charge in [0.15, 0.2) is 0 Å². The molecular formula is C9H8N2O. The molecule has 3 nitrogen and oxygen atoms in total. The van der Waals surface area contributed by atoms with E-state index >= 15 is 0 Å². The maximum absolute atomic E-state index is 5.02. The van der Waals surface area contributed by atoms with Gasteiger partial charge in [-0.05, 0) is 23.6 Å². The maximum Gasteiger partial charge on any atom is 0.147 e. The molecule has 0 amide bonds. The minimum Gasteiger partial charge on any atom is -0.412 e. The molecule has 1 aromatic heterocycles. The van der Waals surface area contributed by atoms with Crippen molar-refractivity contribution in [2.45, 2.75) is 0 Å². The second kappa shape index (κ2) is 2.79. The van der Waals surface area contributed by atoms with E-state index in [-0.39, 0.29) is 0 Å². The number of nitrogens with zero attached hydrogens (tertiary/aromatic N) is 1. The molecule has 1 heterocycles. The normalized spacial score (nSPS) is 10.1. The van der Waals surface area contributed by atoms with Crippen molar-refractivity contribution >= 4 is 10.8 Å². The zero-order chi connectivity index (χ0) is 8.39. The standard InChI is InChI=1S/C9H8N2O/c10-12-9-2-1-7-3-4-11-6-8(7)5-9/h1-6H,10H2. The summed E-state index contributed by atoms with van der Waals surface area (Å²) in [5, 5.41) is 2.16. The first-order valence-corrected chi connectivity index (χ1v) is 3.60. The van der Waals surface area contributed by atoms with Gasteiger partial charge in [0.2, 0.25) is 0 Å². The topological polar surface area (TPSA) is 48.1 Å². The number of fused-ring (bicyclic) bond motifs is 1. The SMILES string of the molecule is NOc1ccc2ccncc2c1. The smallest absolute Gasteiger partial charge is 0.147 e. The number of pyridine rings is 1. The summed E-state index contributed by atoms with van der Waals surface area (Å²) in [5.74, 6) is 5.67. The van der Waals surface area contributed by atoms with E-state index in [2.05, 4.69) is 9.82 Å². The van der Waals surface area contributed by atoms with Crippen molar-refractivity contribution < 1.29 is 4.84 Å². The minimum absolute atomic E-state index is 0.649. The van der Waals surface area contributed by atoms with Crippen molar-refractivity contribution in [3.63, 3.8) is 0 Å². The highest BCUT2D eigenvalue weighted by atomic mass is 16.6. The van der Waals surface area contributed by atoms with E-state index in [1.807, 2.05) is 24.3 Å². The van der Waals surface area contributed by atoms with Crippen molar-refractivity contribution in [2.24, 2.45) is 5.90 Å². The second-order valence-electron chi connectivity index (χ2n) is 2.50. The van der Waals surface area contributed by atoms with Crippen molar-refractivity contribution in [3.8, 4) is 5.75 Å². The Morgan fingerprint density at radius 3 is 2.92 bits per heavy atom. The number of hydrogen-bond donors (Lipinski definition) is 1. The molecule has 2 N–H and O–H groups in total. The van der Waals surface area contributed by atoms with Crippen LogP contribution in [0.5, 0.6) is 5.75 Å². The van der Waals surface area contributed by atoms with Crippen molar-refractivity contribution in [1.29, 1.82) is 0 Å². The lowest BCUT2D eigenvalue weighted by molar-refractivity contribution is 0.335. The molecule has 0 unspecified atom stereocenters. The number of nitrogens with two attached hydrogens (primary N) is 1. The Bertz CT molecular complexity index is 400. The van der Waals surface area contributed by atoms with Crippen molar-refractivity contribution in [3.05, 3.63) is 36.7 Å². The highest BCUT2D eigenvalue weighted by Crippen LogP contribution is 2.18. The fraction of sp³-hybridized carbons (Fsp3) is 0. The zero-order valence-corrected chi connectivity index (χ0v) is 6.40. The summed E-state index contributed by atoms with van der Waals surface area (Å²) in [7, 11) is 0. The van der Waals surface area contributed by atoms with Crippen LogP contribution in [0.4, 0.5) is 0 Å². The predicted octanol–water partition coefficient (Wildman–Crippen LogP) is 1.49. The van der Waals surface area contributed by atoms with Crippen molar-refractivity contribution in [1.82, 2.24) is 4.98 Å². The number of aromatic nitrogens is 1. The van der Waals surface area contributed by atoms with E-state index < -0.39 is 0 Å². The third-order valence-electron chi connectivity index (χ3n) is 1.75. The molecule has 0 radical (unpaired) electrons. The Morgan fingerprint density at radius 1 is 1.17 bits per heavy atom. The van der Waals surface area contributed by atoms with Crippen LogP contribution in [0.3, 0.4) is 0 Å². The van der Waals surface area contributed by atoms with E-state index in [0.717, 1.165) is 10.8 Å². The Balaban J connectivity index is 2.67. The lowest BCUT2D eigenvalue weighted by atomic mass is 10.2. The van der Waals surface area contributed by atoms with Crippen LogP contribution in [0.25, 0.3) is 10.8 Å². The van der Waals surface area contributed by atoms with Gasteiger partial charge in [0.1, 0.15) is 5.75 Å². The fourth-order valence-electron chi connectivity index (χ4n) is 1.14. The van der Waals surface area contributed by atoms with Gasteiger partial charge in [-0.15, -0.1) is 0 Å². The van der Waals surface area contributed by atoms with Gasteiger partial charge < -0.3 is 4.84 Å². The van der Waals surface area contributed by atoms with E-state index in [4.69, 9.17) is 5.90 Å². The molecule has 1 aromatic carbocycles. The molecule has 60 valence electrons. The Hall–Kier alpha value is -1.61. The third kappa shape index (κ3) is 1.10. The minimum atomic E-state index is 0.649. The highest BCUT2D eigenvalue weighted by molar-refractivity contribution is 5.82. The van der Waals surface area contributed by atoms with Crippen LogP contribution in [0.15, 0.2) is 36.7 Å². The lowest BCUT2D eigenvalue weighted by Crippen LogP contribution is -2.01. The average Bonchev–Trinajstić information content (AvgIpc) is 2.17. The van der Waals surface area contributed by atoms with E-state index in [1.165, 1.54) is 0 Å². The quantitative estimate of drug-likeness (QED) is 0.643. The van der Waals surface area contributed by atoms with Crippen LogP contribution in [0.2, 0.25) is 0 Å². The van der Waals surface area contributed by atoms with Crippen LogP contribution in [0, 0.1) is 0 Å². The summed E-state index contributed by atoms with van der Waals surface area (Å²) >= 11 is 0. The molecule has 0 aliphatic rings. The second-order valence-corrected chi connectivity index (χ2v) is 2.50. The summed E-state index contributed by atoms with van der Waals surface area (Å²) in [5.41, 5.74) is 0. The number of rotatable bonds is 1. The van der Waals surface area contributed by atoms with Crippen molar-refractivity contribution in [2.75, 3.05) is 0 Å². The molecule has 0 saturated carbocycles. The van der Waals surface area contributed by atoms with E-state index in [9.17, 15) is 0 Å². The lowest BCUT2D eigenvalue weighted by Gasteiger charge is -1.99. The van der Waals surface area contributed by atoms with Gasteiger partial charge in [0.25, 0.3) is 0 Å². The fourth-order valence-corrected chi connectivity index (χ4v) is 1.14. The van der Waals surface area contributed by atoms with Crippen LogP contribution >= 0.6 is 0 Å². The Kier molecular flexibility index (Phi) is 1.64. The molecule has 0 fully saturated rings. The zero-order valence-electron chi connectivity index (χ0n) is 6.40. The van der Waals surface area contributed by atoms with Gasteiger partial charge >= 0.3 is 0 Å². The van der Waals surface area contributed by atoms with Gasteiger partial charge in [0, 0.05) is 17.8 Å². The van der Waals surface area contributed by atoms with E-state index in [0.29, 0.717) is 5.75 Å². The van der Waals surface area contributed by atoms with Crippen LogP contribution < -0.4 is 10.7 Å². The van der Waals surface area contributed by atoms with Gasteiger partial charge in [-0.3, -0.25) is 4.98 Å². The number of benzene rings is 1. The molecule has 0 aliphatic heterocycles. The Labute approximate surface area is 69.7 Å².